The quantitative estimate of drug-likeness (QED) is 0.912. The van der Waals surface area contributed by atoms with E-state index in [2.05, 4.69) is 31.3 Å². The zero-order valence-corrected chi connectivity index (χ0v) is 12.2. The molecule has 0 bridgehead atoms. The van der Waals surface area contributed by atoms with E-state index in [-0.39, 0.29) is 6.04 Å². The van der Waals surface area contributed by atoms with Crippen LogP contribution in [-0.2, 0) is 0 Å². The van der Waals surface area contributed by atoms with Crippen molar-refractivity contribution in [1.29, 1.82) is 0 Å². The van der Waals surface area contributed by atoms with Crippen LogP contribution in [0.2, 0.25) is 0 Å². The molecule has 0 fully saturated rings. The van der Waals surface area contributed by atoms with Gasteiger partial charge in [0.2, 0.25) is 0 Å². The average Bonchev–Trinajstić information content (AvgIpc) is 2.80. The SMILES string of the molecule is CNC(c1cc(C)c(OC)cc1C)c1ccoc1C. The molecule has 0 aliphatic carbocycles. The lowest BCUT2D eigenvalue weighted by Gasteiger charge is -2.20. The standard InChI is InChI=1S/C16H21NO2/c1-10-9-15(18-5)11(2)8-14(10)16(17-4)13-6-7-19-12(13)3/h6-9,16-17H,1-5H3. The molecule has 1 N–H and O–H groups in total. The first-order valence-electron chi connectivity index (χ1n) is 6.44. The maximum Gasteiger partial charge on any atom is 0.122 e. The van der Waals surface area contributed by atoms with Crippen LogP contribution in [-0.4, -0.2) is 14.2 Å². The number of nitrogens with one attached hydrogen (secondary N) is 1. The molecular weight excluding hydrogens is 238 g/mol. The Hall–Kier alpha value is -1.74. The van der Waals surface area contributed by atoms with Crippen molar-refractivity contribution in [3.8, 4) is 5.75 Å². The Bertz CT molecular complexity index is 572. The fourth-order valence-electron chi connectivity index (χ4n) is 2.52. The highest BCUT2D eigenvalue weighted by Gasteiger charge is 2.19. The van der Waals surface area contributed by atoms with Gasteiger partial charge < -0.3 is 14.5 Å². The van der Waals surface area contributed by atoms with E-state index in [4.69, 9.17) is 9.15 Å². The number of aryl methyl sites for hydroxylation is 3. The predicted octanol–water partition coefficient (Wildman–Crippen LogP) is 3.52. The van der Waals surface area contributed by atoms with Gasteiger partial charge in [-0.15, -0.1) is 0 Å². The molecule has 0 aliphatic heterocycles. The molecule has 1 unspecified atom stereocenters. The summed E-state index contributed by atoms with van der Waals surface area (Å²) in [6, 6.07) is 6.44. The Morgan fingerprint density at radius 3 is 2.37 bits per heavy atom. The van der Waals surface area contributed by atoms with Crippen molar-refractivity contribution in [2.45, 2.75) is 26.8 Å². The third-order valence-corrected chi connectivity index (χ3v) is 3.59. The van der Waals surface area contributed by atoms with Crippen LogP contribution in [0.25, 0.3) is 0 Å². The molecule has 1 atom stereocenters. The Labute approximate surface area is 114 Å². The Morgan fingerprint density at radius 2 is 1.84 bits per heavy atom. The van der Waals surface area contributed by atoms with Crippen molar-refractivity contribution in [2.24, 2.45) is 0 Å². The molecule has 2 rings (SSSR count). The molecule has 1 aromatic carbocycles. The van der Waals surface area contributed by atoms with Crippen LogP contribution in [0.1, 0.15) is 34.1 Å². The third-order valence-electron chi connectivity index (χ3n) is 3.59. The first-order valence-corrected chi connectivity index (χ1v) is 6.44. The summed E-state index contributed by atoms with van der Waals surface area (Å²) in [5, 5.41) is 3.37. The van der Waals surface area contributed by atoms with Gasteiger partial charge in [0.05, 0.1) is 19.4 Å². The number of benzene rings is 1. The molecule has 1 heterocycles. The minimum atomic E-state index is 0.142. The van der Waals surface area contributed by atoms with Crippen LogP contribution in [0.3, 0.4) is 0 Å². The van der Waals surface area contributed by atoms with E-state index < -0.39 is 0 Å². The van der Waals surface area contributed by atoms with E-state index in [1.807, 2.05) is 20.0 Å². The van der Waals surface area contributed by atoms with E-state index in [0.29, 0.717) is 0 Å². The second kappa shape index (κ2) is 5.49. The maximum absolute atomic E-state index is 5.42. The number of hydrogen-bond acceptors (Lipinski definition) is 3. The first kappa shape index (κ1) is 13.7. The summed E-state index contributed by atoms with van der Waals surface area (Å²) in [5.74, 6) is 1.88. The molecule has 3 heteroatoms. The van der Waals surface area contributed by atoms with E-state index >= 15 is 0 Å². The van der Waals surface area contributed by atoms with Crippen molar-refractivity contribution in [3.05, 3.63) is 52.5 Å². The average molecular weight is 259 g/mol. The van der Waals surface area contributed by atoms with Crippen LogP contribution in [0.15, 0.2) is 28.9 Å². The molecule has 2 aromatic rings. The lowest BCUT2D eigenvalue weighted by molar-refractivity contribution is 0.411. The molecule has 19 heavy (non-hydrogen) atoms. The summed E-state index contributed by atoms with van der Waals surface area (Å²) in [4.78, 5) is 0. The van der Waals surface area contributed by atoms with Crippen LogP contribution in [0.4, 0.5) is 0 Å². The van der Waals surface area contributed by atoms with Gasteiger partial charge in [-0.05, 0) is 56.6 Å². The van der Waals surface area contributed by atoms with Crippen molar-refractivity contribution in [3.63, 3.8) is 0 Å². The van der Waals surface area contributed by atoms with Crippen LogP contribution in [0, 0.1) is 20.8 Å². The van der Waals surface area contributed by atoms with Crippen LogP contribution in [0.5, 0.6) is 5.75 Å². The van der Waals surface area contributed by atoms with Crippen molar-refractivity contribution in [2.75, 3.05) is 14.2 Å². The molecule has 3 nitrogen and oxygen atoms in total. The monoisotopic (exact) mass is 259 g/mol. The van der Waals surface area contributed by atoms with E-state index in [1.165, 1.54) is 16.7 Å². The summed E-state index contributed by atoms with van der Waals surface area (Å²) in [5.41, 5.74) is 4.78. The fraction of sp³-hybridized carbons (Fsp3) is 0.375. The number of furan rings is 1. The Morgan fingerprint density at radius 1 is 1.11 bits per heavy atom. The zero-order valence-electron chi connectivity index (χ0n) is 12.2. The molecular formula is C16H21NO2. The summed E-state index contributed by atoms with van der Waals surface area (Å²) in [6.45, 7) is 6.17. The van der Waals surface area contributed by atoms with E-state index in [0.717, 1.165) is 17.1 Å². The number of ether oxygens (including phenoxy) is 1. The maximum atomic E-state index is 5.42. The summed E-state index contributed by atoms with van der Waals surface area (Å²) in [7, 11) is 3.67. The van der Waals surface area contributed by atoms with Gasteiger partial charge in [-0.1, -0.05) is 6.07 Å². The van der Waals surface area contributed by atoms with Crippen molar-refractivity contribution < 1.29 is 9.15 Å². The van der Waals surface area contributed by atoms with Crippen molar-refractivity contribution >= 4 is 0 Å². The summed E-state index contributed by atoms with van der Waals surface area (Å²) >= 11 is 0. The molecule has 0 spiro atoms. The summed E-state index contributed by atoms with van der Waals surface area (Å²) < 4.78 is 10.8. The Kier molecular flexibility index (Phi) is 3.96. The minimum Gasteiger partial charge on any atom is -0.496 e. The lowest BCUT2D eigenvalue weighted by Crippen LogP contribution is -2.19. The molecule has 0 aliphatic rings. The molecule has 0 saturated heterocycles. The number of rotatable bonds is 4. The predicted molar refractivity (Wildman–Crippen MR) is 76.8 cm³/mol. The van der Waals surface area contributed by atoms with Gasteiger partial charge >= 0.3 is 0 Å². The van der Waals surface area contributed by atoms with Crippen LogP contribution >= 0.6 is 0 Å². The van der Waals surface area contributed by atoms with Crippen LogP contribution < -0.4 is 10.1 Å². The molecule has 0 radical (unpaired) electrons. The second-order valence-electron chi connectivity index (χ2n) is 4.83. The van der Waals surface area contributed by atoms with Gasteiger partial charge in [-0.25, -0.2) is 0 Å². The minimum absolute atomic E-state index is 0.142. The molecule has 1 aromatic heterocycles. The fourth-order valence-corrected chi connectivity index (χ4v) is 2.52. The molecule has 0 amide bonds. The second-order valence-corrected chi connectivity index (χ2v) is 4.83. The van der Waals surface area contributed by atoms with E-state index in [1.54, 1.807) is 13.4 Å². The highest BCUT2D eigenvalue weighted by Crippen LogP contribution is 2.31. The lowest BCUT2D eigenvalue weighted by atomic mass is 9.93. The molecule has 102 valence electrons. The van der Waals surface area contributed by atoms with Gasteiger partial charge in [0.25, 0.3) is 0 Å². The van der Waals surface area contributed by atoms with Gasteiger partial charge in [-0.2, -0.15) is 0 Å². The van der Waals surface area contributed by atoms with Gasteiger partial charge in [0.1, 0.15) is 11.5 Å². The highest BCUT2D eigenvalue weighted by atomic mass is 16.5. The van der Waals surface area contributed by atoms with Gasteiger partial charge in [0.15, 0.2) is 0 Å². The van der Waals surface area contributed by atoms with Crippen molar-refractivity contribution in [1.82, 2.24) is 5.32 Å². The van der Waals surface area contributed by atoms with Gasteiger partial charge in [0, 0.05) is 5.56 Å². The highest BCUT2D eigenvalue weighted by molar-refractivity contribution is 5.46. The number of hydrogen-bond donors (Lipinski definition) is 1. The first-order chi connectivity index (χ1) is 9.08. The van der Waals surface area contributed by atoms with E-state index in [9.17, 15) is 0 Å². The topological polar surface area (TPSA) is 34.4 Å². The third kappa shape index (κ3) is 2.51. The Balaban J connectivity index is 2.50. The summed E-state index contributed by atoms with van der Waals surface area (Å²) in [6.07, 6.45) is 1.74. The molecule has 0 saturated carbocycles. The van der Waals surface area contributed by atoms with Gasteiger partial charge in [-0.3, -0.25) is 0 Å². The zero-order chi connectivity index (χ0) is 14.0. The number of methoxy groups -OCH3 is 1. The largest absolute Gasteiger partial charge is 0.496 e. The normalized spacial score (nSPS) is 12.5. The smallest absolute Gasteiger partial charge is 0.122 e.